The summed E-state index contributed by atoms with van der Waals surface area (Å²) in [6.45, 7) is 8.66. The van der Waals surface area contributed by atoms with Crippen LogP contribution < -0.4 is 16.2 Å². The monoisotopic (exact) mass is 278 g/mol. The van der Waals surface area contributed by atoms with Crippen molar-refractivity contribution in [2.75, 3.05) is 19.7 Å². The molecule has 0 fully saturated rings. The normalized spacial score (nSPS) is 12.7. The van der Waals surface area contributed by atoms with Crippen molar-refractivity contribution < 1.29 is 4.74 Å². The second kappa shape index (κ2) is 8.98. The van der Waals surface area contributed by atoms with Crippen LogP contribution in [0.2, 0.25) is 0 Å². The van der Waals surface area contributed by atoms with E-state index in [2.05, 4.69) is 39.0 Å². The molecule has 3 heteroatoms. The molecule has 0 radical (unpaired) electrons. The summed E-state index contributed by atoms with van der Waals surface area (Å²) in [6, 6.07) is 6.46. The maximum atomic E-state index is 5.79. The molecule has 0 aliphatic rings. The van der Waals surface area contributed by atoms with Crippen molar-refractivity contribution >= 4 is 0 Å². The van der Waals surface area contributed by atoms with Crippen LogP contribution in [0, 0.1) is 11.8 Å². The Hall–Kier alpha value is -1.06. The van der Waals surface area contributed by atoms with Gasteiger partial charge < -0.3 is 16.2 Å². The summed E-state index contributed by atoms with van der Waals surface area (Å²) in [7, 11) is 0. The van der Waals surface area contributed by atoms with Gasteiger partial charge in [0.1, 0.15) is 5.75 Å². The summed E-state index contributed by atoms with van der Waals surface area (Å²) < 4.78 is 5.71. The van der Waals surface area contributed by atoms with Crippen LogP contribution in [0.3, 0.4) is 0 Å². The first-order valence-corrected chi connectivity index (χ1v) is 7.80. The molecule has 0 heterocycles. The van der Waals surface area contributed by atoms with Crippen LogP contribution in [0.4, 0.5) is 0 Å². The quantitative estimate of drug-likeness (QED) is 0.730. The molecule has 0 aromatic heterocycles. The molecule has 0 spiro atoms. The first kappa shape index (κ1) is 17.0. The van der Waals surface area contributed by atoms with Crippen molar-refractivity contribution in [2.24, 2.45) is 23.3 Å². The van der Waals surface area contributed by atoms with E-state index in [1.54, 1.807) is 0 Å². The van der Waals surface area contributed by atoms with Crippen molar-refractivity contribution in [3.05, 3.63) is 29.3 Å². The number of aryl methyl sites for hydroxylation is 1. The number of benzene rings is 1. The minimum atomic E-state index is 0.399. The molecule has 0 saturated heterocycles. The molecule has 1 rings (SSSR count). The first-order valence-electron chi connectivity index (χ1n) is 7.80. The summed E-state index contributed by atoms with van der Waals surface area (Å²) >= 11 is 0. The lowest BCUT2D eigenvalue weighted by molar-refractivity contribution is 0.317. The Morgan fingerprint density at radius 2 is 1.80 bits per heavy atom. The Labute approximate surface area is 123 Å². The number of hydrogen-bond donors (Lipinski definition) is 2. The van der Waals surface area contributed by atoms with Crippen LogP contribution in [0.25, 0.3) is 0 Å². The maximum absolute atomic E-state index is 5.79. The molecule has 1 aromatic carbocycles. The third-order valence-electron chi connectivity index (χ3n) is 3.98. The van der Waals surface area contributed by atoms with E-state index in [1.165, 1.54) is 11.1 Å². The van der Waals surface area contributed by atoms with E-state index in [0.29, 0.717) is 24.9 Å². The minimum Gasteiger partial charge on any atom is -0.494 e. The van der Waals surface area contributed by atoms with E-state index in [0.717, 1.165) is 31.6 Å². The zero-order valence-corrected chi connectivity index (χ0v) is 13.2. The molecule has 0 aliphatic carbocycles. The van der Waals surface area contributed by atoms with E-state index in [4.69, 9.17) is 16.2 Å². The van der Waals surface area contributed by atoms with Gasteiger partial charge in [0, 0.05) is 0 Å². The maximum Gasteiger partial charge on any atom is 0.119 e. The third kappa shape index (κ3) is 4.80. The molecule has 1 unspecified atom stereocenters. The molecule has 20 heavy (non-hydrogen) atoms. The molecule has 114 valence electrons. The van der Waals surface area contributed by atoms with E-state index < -0.39 is 0 Å². The lowest BCUT2D eigenvalue weighted by atomic mass is 9.86. The van der Waals surface area contributed by atoms with Gasteiger partial charge >= 0.3 is 0 Å². The van der Waals surface area contributed by atoms with Crippen LogP contribution in [0.15, 0.2) is 18.2 Å². The van der Waals surface area contributed by atoms with E-state index in [-0.39, 0.29) is 0 Å². The van der Waals surface area contributed by atoms with Gasteiger partial charge in [-0.2, -0.15) is 0 Å². The fraction of sp³-hybridized carbons (Fsp3) is 0.647. The van der Waals surface area contributed by atoms with E-state index >= 15 is 0 Å². The highest BCUT2D eigenvalue weighted by Gasteiger charge is 2.16. The van der Waals surface area contributed by atoms with Gasteiger partial charge in [-0.05, 0) is 67.4 Å². The average molecular weight is 278 g/mol. The van der Waals surface area contributed by atoms with E-state index in [9.17, 15) is 0 Å². The van der Waals surface area contributed by atoms with Gasteiger partial charge in [-0.3, -0.25) is 0 Å². The van der Waals surface area contributed by atoms with Gasteiger partial charge in [-0.25, -0.2) is 0 Å². The second-order valence-electron chi connectivity index (χ2n) is 5.55. The summed E-state index contributed by atoms with van der Waals surface area (Å²) in [6.07, 6.45) is 3.10. The van der Waals surface area contributed by atoms with Crippen LogP contribution in [0.5, 0.6) is 5.75 Å². The molecule has 0 amide bonds. The van der Waals surface area contributed by atoms with Gasteiger partial charge in [0.2, 0.25) is 0 Å². The Balaban J connectivity index is 2.79. The SMILES string of the molecule is CCCOc1ccc(CC(C)C(CN)CN)c(CC)c1. The smallest absolute Gasteiger partial charge is 0.119 e. The summed E-state index contributed by atoms with van der Waals surface area (Å²) in [5.41, 5.74) is 14.3. The van der Waals surface area contributed by atoms with Crippen molar-refractivity contribution in [2.45, 2.75) is 40.0 Å². The topological polar surface area (TPSA) is 61.3 Å². The van der Waals surface area contributed by atoms with Crippen molar-refractivity contribution in [3.63, 3.8) is 0 Å². The molecule has 0 aliphatic heterocycles. The van der Waals surface area contributed by atoms with Crippen LogP contribution in [-0.4, -0.2) is 19.7 Å². The number of nitrogens with two attached hydrogens (primary N) is 2. The molecule has 1 aromatic rings. The van der Waals surface area contributed by atoms with Crippen LogP contribution in [0.1, 0.15) is 38.3 Å². The number of ether oxygens (including phenoxy) is 1. The zero-order chi connectivity index (χ0) is 15.0. The predicted octanol–water partition coefficient (Wildman–Crippen LogP) is 2.75. The highest BCUT2D eigenvalue weighted by Crippen LogP contribution is 2.23. The van der Waals surface area contributed by atoms with Gasteiger partial charge in [0.15, 0.2) is 0 Å². The summed E-state index contributed by atoms with van der Waals surface area (Å²) in [5.74, 6) is 1.89. The highest BCUT2D eigenvalue weighted by molar-refractivity contribution is 5.36. The lowest BCUT2D eigenvalue weighted by Crippen LogP contribution is -2.30. The Morgan fingerprint density at radius 3 is 2.35 bits per heavy atom. The minimum absolute atomic E-state index is 0.399. The standard InChI is InChI=1S/C17H30N2O/c1-4-8-20-17-7-6-15(14(5-2)10-17)9-13(3)16(11-18)12-19/h6-7,10,13,16H,4-5,8-9,11-12,18-19H2,1-3H3. The molecule has 1 atom stereocenters. The Kier molecular flexibility index (Phi) is 7.63. The fourth-order valence-corrected chi connectivity index (χ4v) is 2.51. The van der Waals surface area contributed by atoms with Crippen molar-refractivity contribution in [1.29, 1.82) is 0 Å². The molecule has 0 bridgehead atoms. The summed E-state index contributed by atoms with van der Waals surface area (Å²) in [4.78, 5) is 0. The number of rotatable bonds is 9. The first-order chi connectivity index (χ1) is 9.65. The summed E-state index contributed by atoms with van der Waals surface area (Å²) in [5, 5.41) is 0. The van der Waals surface area contributed by atoms with Crippen LogP contribution >= 0.6 is 0 Å². The lowest BCUT2D eigenvalue weighted by Gasteiger charge is -2.22. The predicted molar refractivity (Wildman–Crippen MR) is 86.1 cm³/mol. The van der Waals surface area contributed by atoms with Gasteiger partial charge in [0.05, 0.1) is 6.61 Å². The highest BCUT2D eigenvalue weighted by atomic mass is 16.5. The van der Waals surface area contributed by atoms with Gasteiger partial charge in [-0.15, -0.1) is 0 Å². The van der Waals surface area contributed by atoms with Crippen molar-refractivity contribution in [1.82, 2.24) is 0 Å². The molecule has 3 nitrogen and oxygen atoms in total. The van der Waals surface area contributed by atoms with Gasteiger partial charge in [-0.1, -0.05) is 26.8 Å². The molecular weight excluding hydrogens is 248 g/mol. The molecule has 4 N–H and O–H groups in total. The van der Waals surface area contributed by atoms with E-state index in [1.807, 2.05) is 0 Å². The molecule has 0 saturated carbocycles. The Bertz CT molecular complexity index is 389. The van der Waals surface area contributed by atoms with Crippen molar-refractivity contribution in [3.8, 4) is 5.75 Å². The largest absolute Gasteiger partial charge is 0.494 e. The third-order valence-corrected chi connectivity index (χ3v) is 3.98. The number of hydrogen-bond acceptors (Lipinski definition) is 3. The van der Waals surface area contributed by atoms with Gasteiger partial charge in [0.25, 0.3) is 0 Å². The molecular formula is C17H30N2O. The average Bonchev–Trinajstić information content (AvgIpc) is 2.47. The second-order valence-corrected chi connectivity index (χ2v) is 5.55. The zero-order valence-electron chi connectivity index (χ0n) is 13.2. The Morgan fingerprint density at radius 1 is 1.10 bits per heavy atom. The fourth-order valence-electron chi connectivity index (χ4n) is 2.51. The van der Waals surface area contributed by atoms with Crippen LogP contribution in [-0.2, 0) is 12.8 Å².